The predicted molar refractivity (Wildman–Crippen MR) is 73.3 cm³/mol. The van der Waals surface area contributed by atoms with Crippen molar-refractivity contribution in [2.24, 2.45) is 0 Å². The highest BCUT2D eigenvalue weighted by molar-refractivity contribution is 8.76. The lowest BCUT2D eigenvalue weighted by molar-refractivity contribution is -0.142. The maximum atomic E-state index is 10.9. The molecule has 2 unspecified atom stereocenters. The number of rotatable bonds is 5. The molecule has 0 aliphatic heterocycles. The first-order valence-electron chi connectivity index (χ1n) is 4.63. The molecule has 4 nitrogen and oxygen atoms in total. The van der Waals surface area contributed by atoms with Gasteiger partial charge in [-0.3, -0.25) is 9.59 Å². The number of carboxylic acid groups (broad SMARTS) is 1. The maximum Gasteiger partial charge on any atom is 0.319 e. The number of hydrogen-bond donors (Lipinski definition) is 2. The molecule has 0 radical (unpaired) electrons. The van der Waals surface area contributed by atoms with Crippen molar-refractivity contribution >= 4 is 46.2 Å². The highest BCUT2D eigenvalue weighted by atomic mass is 33.1. The Balaban J connectivity index is 0. The highest BCUT2D eigenvalue weighted by Crippen LogP contribution is 2.23. The van der Waals surface area contributed by atoms with Gasteiger partial charge in [-0.1, -0.05) is 21.6 Å². The van der Waals surface area contributed by atoms with Crippen molar-refractivity contribution in [1.82, 2.24) is 0 Å². The number of hydrogen-bond acceptors (Lipinski definition) is 6. The SMILES string of the molecule is CC(S)C(=O)O.CCOC(=O)C(C)SSC. The molecule has 7 heteroatoms. The Morgan fingerprint density at radius 2 is 1.88 bits per heavy atom. The summed E-state index contributed by atoms with van der Waals surface area (Å²) in [6.45, 7) is 5.64. The summed E-state index contributed by atoms with van der Waals surface area (Å²) in [4.78, 5) is 20.5. The van der Waals surface area contributed by atoms with Gasteiger partial charge in [-0.25, -0.2) is 0 Å². The first kappa shape index (κ1) is 18.4. The van der Waals surface area contributed by atoms with Gasteiger partial charge in [0.25, 0.3) is 0 Å². The van der Waals surface area contributed by atoms with Gasteiger partial charge in [0, 0.05) is 0 Å². The second kappa shape index (κ2) is 11.5. The molecule has 0 rings (SSSR count). The van der Waals surface area contributed by atoms with E-state index in [0.29, 0.717) is 6.61 Å². The van der Waals surface area contributed by atoms with E-state index in [0.717, 1.165) is 0 Å². The van der Waals surface area contributed by atoms with E-state index in [2.05, 4.69) is 12.6 Å². The normalized spacial score (nSPS) is 13.1. The van der Waals surface area contributed by atoms with E-state index in [9.17, 15) is 9.59 Å². The summed E-state index contributed by atoms with van der Waals surface area (Å²) in [7, 11) is 3.10. The van der Waals surface area contributed by atoms with Crippen LogP contribution in [-0.4, -0.2) is 40.4 Å². The molecule has 0 spiro atoms. The highest BCUT2D eigenvalue weighted by Gasteiger charge is 2.12. The van der Waals surface area contributed by atoms with E-state index in [1.807, 2.05) is 20.1 Å². The van der Waals surface area contributed by atoms with E-state index in [4.69, 9.17) is 9.84 Å². The minimum atomic E-state index is -0.877. The molecular formula is C9H18O4S3. The Morgan fingerprint density at radius 3 is 2.12 bits per heavy atom. The summed E-state index contributed by atoms with van der Waals surface area (Å²) in [6.07, 6.45) is 1.94. The monoisotopic (exact) mass is 286 g/mol. The van der Waals surface area contributed by atoms with Crippen LogP contribution in [0.3, 0.4) is 0 Å². The zero-order valence-electron chi connectivity index (χ0n) is 9.80. The van der Waals surface area contributed by atoms with Crippen LogP contribution >= 0.6 is 34.2 Å². The second-order valence-corrected chi connectivity index (χ2v) is 6.26. The van der Waals surface area contributed by atoms with Crippen molar-refractivity contribution in [1.29, 1.82) is 0 Å². The maximum absolute atomic E-state index is 10.9. The summed E-state index contributed by atoms with van der Waals surface area (Å²) < 4.78 is 4.78. The lowest BCUT2D eigenvalue weighted by Crippen LogP contribution is -2.15. The Kier molecular flexibility index (Phi) is 13.2. The molecule has 0 aromatic heterocycles. The number of ether oxygens (including phenoxy) is 1. The fraction of sp³-hybridized carbons (Fsp3) is 0.778. The first-order chi connectivity index (χ1) is 7.36. The Labute approximate surface area is 110 Å². The lowest BCUT2D eigenvalue weighted by atomic mass is 10.5. The number of carboxylic acids is 1. The molecule has 0 aromatic rings. The fourth-order valence-corrected chi connectivity index (χ4v) is 1.98. The first-order valence-corrected chi connectivity index (χ1v) is 7.77. The van der Waals surface area contributed by atoms with Gasteiger partial charge in [0.15, 0.2) is 0 Å². The summed E-state index contributed by atoms with van der Waals surface area (Å²) in [5, 5.41) is 7.33. The largest absolute Gasteiger partial charge is 0.480 e. The summed E-state index contributed by atoms with van der Waals surface area (Å²) in [6, 6.07) is 0. The third kappa shape index (κ3) is 12.1. The molecular weight excluding hydrogens is 268 g/mol. The van der Waals surface area contributed by atoms with Crippen LogP contribution in [0, 0.1) is 0 Å². The van der Waals surface area contributed by atoms with Crippen LogP contribution in [0.4, 0.5) is 0 Å². The van der Waals surface area contributed by atoms with Crippen LogP contribution in [0.15, 0.2) is 0 Å². The van der Waals surface area contributed by atoms with Crippen molar-refractivity contribution in [2.45, 2.75) is 31.3 Å². The topological polar surface area (TPSA) is 63.6 Å². The van der Waals surface area contributed by atoms with Crippen molar-refractivity contribution in [3.05, 3.63) is 0 Å². The van der Waals surface area contributed by atoms with E-state index < -0.39 is 11.2 Å². The molecule has 0 fully saturated rings. The molecule has 1 N–H and O–H groups in total. The Morgan fingerprint density at radius 1 is 1.44 bits per heavy atom. The number of aliphatic carboxylic acids is 1. The third-order valence-electron chi connectivity index (χ3n) is 1.22. The van der Waals surface area contributed by atoms with Gasteiger partial charge in [0.2, 0.25) is 0 Å². The zero-order valence-corrected chi connectivity index (χ0v) is 12.3. The molecule has 0 aliphatic carbocycles. The lowest BCUT2D eigenvalue weighted by Gasteiger charge is -2.06. The van der Waals surface area contributed by atoms with Crippen LogP contribution in [0.2, 0.25) is 0 Å². The standard InChI is InChI=1S/C6H12O2S2.C3H6O2S/c1-4-8-6(7)5(2)10-9-3;1-2(6)3(4)5/h5H,4H2,1-3H3;2,6H,1H3,(H,4,5). The minimum Gasteiger partial charge on any atom is -0.480 e. The molecule has 2 atom stereocenters. The van der Waals surface area contributed by atoms with E-state index >= 15 is 0 Å². The molecule has 0 saturated heterocycles. The fourth-order valence-electron chi connectivity index (χ4n) is 0.443. The number of thiol groups is 1. The van der Waals surface area contributed by atoms with Gasteiger partial charge in [0.05, 0.1) is 11.9 Å². The average Bonchev–Trinajstić information content (AvgIpc) is 2.19. The molecule has 0 amide bonds. The van der Waals surface area contributed by atoms with Crippen LogP contribution in [0.25, 0.3) is 0 Å². The van der Waals surface area contributed by atoms with Crippen LogP contribution in [-0.2, 0) is 14.3 Å². The quantitative estimate of drug-likeness (QED) is 0.459. The third-order valence-corrected chi connectivity index (χ3v) is 3.55. The summed E-state index contributed by atoms with van der Waals surface area (Å²) >= 11 is 3.59. The van der Waals surface area contributed by atoms with Crippen LogP contribution in [0.1, 0.15) is 20.8 Å². The Bertz CT molecular complexity index is 209. The molecule has 96 valence electrons. The number of carbonyl (C=O) groups excluding carboxylic acids is 1. The molecule has 0 aromatic carbocycles. The zero-order chi connectivity index (χ0) is 13.1. The molecule has 16 heavy (non-hydrogen) atoms. The Hall–Kier alpha value is -0.0100. The number of esters is 1. The van der Waals surface area contributed by atoms with Gasteiger partial charge in [-0.05, 0) is 27.0 Å². The van der Waals surface area contributed by atoms with Crippen molar-refractivity contribution in [3.8, 4) is 0 Å². The smallest absolute Gasteiger partial charge is 0.319 e. The molecule has 0 saturated carbocycles. The van der Waals surface area contributed by atoms with Gasteiger partial charge < -0.3 is 9.84 Å². The van der Waals surface area contributed by atoms with Crippen molar-refractivity contribution in [2.75, 3.05) is 12.9 Å². The van der Waals surface area contributed by atoms with Crippen molar-refractivity contribution in [3.63, 3.8) is 0 Å². The minimum absolute atomic E-state index is 0.0463. The van der Waals surface area contributed by atoms with E-state index in [-0.39, 0.29) is 11.2 Å². The summed E-state index contributed by atoms with van der Waals surface area (Å²) in [5.74, 6) is -1.000. The molecule has 0 bridgehead atoms. The molecule has 0 heterocycles. The molecule has 0 aliphatic rings. The van der Waals surface area contributed by atoms with Gasteiger partial charge in [0.1, 0.15) is 5.25 Å². The van der Waals surface area contributed by atoms with E-state index in [1.165, 1.54) is 17.7 Å². The second-order valence-electron chi connectivity index (χ2n) is 2.67. The van der Waals surface area contributed by atoms with Crippen LogP contribution in [0.5, 0.6) is 0 Å². The van der Waals surface area contributed by atoms with Crippen molar-refractivity contribution < 1.29 is 19.4 Å². The van der Waals surface area contributed by atoms with E-state index in [1.54, 1.807) is 10.8 Å². The predicted octanol–water partition coefficient (Wildman–Crippen LogP) is 2.34. The van der Waals surface area contributed by atoms with Gasteiger partial charge >= 0.3 is 11.9 Å². The summed E-state index contributed by atoms with van der Waals surface area (Å²) in [5.41, 5.74) is 0. The van der Waals surface area contributed by atoms with Crippen LogP contribution < -0.4 is 0 Å². The van der Waals surface area contributed by atoms with Gasteiger partial charge in [-0.15, -0.1) is 0 Å². The number of carbonyl (C=O) groups is 2. The van der Waals surface area contributed by atoms with Gasteiger partial charge in [-0.2, -0.15) is 12.6 Å². The average molecular weight is 286 g/mol.